The number of hydrogen-bond donors (Lipinski definition) is 1. The lowest BCUT2D eigenvalue weighted by molar-refractivity contribution is -0.136. The number of hydrogen-bond acceptors (Lipinski definition) is 4. The number of aliphatic carboxylic acids is 1. The molecule has 1 N–H and O–H groups in total. The Morgan fingerprint density at radius 3 is 2.54 bits per heavy atom. The average Bonchev–Trinajstić information content (AvgIpc) is 3.07. The van der Waals surface area contributed by atoms with Crippen molar-refractivity contribution in [3.8, 4) is 0 Å². The van der Waals surface area contributed by atoms with Gasteiger partial charge in [-0.3, -0.25) is 14.3 Å². The van der Waals surface area contributed by atoms with Gasteiger partial charge in [0.15, 0.2) is 0 Å². The van der Waals surface area contributed by atoms with E-state index in [0.717, 1.165) is 17.7 Å². The van der Waals surface area contributed by atoms with Crippen molar-refractivity contribution < 1.29 is 14.7 Å². The maximum atomic E-state index is 13.0. The van der Waals surface area contributed by atoms with Crippen LogP contribution in [0.25, 0.3) is 0 Å². The molecule has 2 heterocycles. The molecule has 1 aliphatic rings. The Labute approximate surface area is 157 Å². The largest absolute Gasteiger partial charge is 0.480 e. The Bertz CT molecular complexity index is 797. The molecular formula is C19H23N3O3S. The first-order chi connectivity index (χ1) is 12.5. The second kappa shape index (κ2) is 7.95. The average molecular weight is 373 g/mol. The lowest BCUT2D eigenvalue weighted by Crippen LogP contribution is -2.38. The zero-order valence-corrected chi connectivity index (χ0v) is 15.8. The van der Waals surface area contributed by atoms with E-state index in [4.69, 9.17) is 5.11 Å². The standard InChI is InChI=1S/C19H23N3O3S/c1-13(19(24)25)26-17-6-4-3-5-15(17)18(23)22-11-8-14(9-12-22)16-7-10-20-21(16)2/h3-7,10,13-14H,8-9,11-12H2,1-2H3,(H,24,25). The van der Waals surface area contributed by atoms with E-state index in [1.807, 2.05) is 47.1 Å². The highest BCUT2D eigenvalue weighted by Crippen LogP contribution is 2.31. The highest BCUT2D eigenvalue weighted by Gasteiger charge is 2.27. The molecule has 26 heavy (non-hydrogen) atoms. The van der Waals surface area contributed by atoms with Gasteiger partial charge in [0, 0.05) is 42.8 Å². The Morgan fingerprint density at radius 1 is 1.23 bits per heavy atom. The number of rotatable bonds is 5. The van der Waals surface area contributed by atoms with Crippen molar-refractivity contribution in [1.82, 2.24) is 14.7 Å². The summed E-state index contributed by atoms with van der Waals surface area (Å²) < 4.78 is 1.90. The topological polar surface area (TPSA) is 75.4 Å². The van der Waals surface area contributed by atoms with Crippen LogP contribution in [0.1, 0.15) is 41.7 Å². The summed E-state index contributed by atoms with van der Waals surface area (Å²) in [5, 5.41) is 12.8. The van der Waals surface area contributed by atoms with Crippen molar-refractivity contribution in [2.75, 3.05) is 13.1 Å². The summed E-state index contributed by atoms with van der Waals surface area (Å²) in [6, 6.07) is 9.31. The van der Waals surface area contributed by atoms with E-state index in [9.17, 15) is 9.59 Å². The van der Waals surface area contributed by atoms with Gasteiger partial charge < -0.3 is 10.0 Å². The fourth-order valence-corrected chi connectivity index (χ4v) is 4.24. The summed E-state index contributed by atoms with van der Waals surface area (Å²) in [6.45, 7) is 3.03. The van der Waals surface area contributed by atoms with Gasteiger partial charge in [0.2, 0.25) is 0 Å². The van der Waals surface area contributed by atoms with E-state index in [2.05, 4.69) is 5.10 Å². The van der Waals surface area contributed by atoms with Gasteiger partial charge in [-0.05, 0) is 38.0 Å². The summed E-state index contributed by atoms with van der Waals surface area (Å²) in [5.74, 6) is -0.480. The van der Waals surface area contributed by atoms with Crippen LogP contribution in [0, 0.1) is 0 Å². The molecule has 138 valence electrons. The van der Waals surface area contributed by atoms with Gasteiger partial charge in [0.1, 0.15) is 5.25 Å². The van der Waals surface area contributed by atoms with E-state index in [0.29, 0.717) is 24.6 Å². The number of piperidine rings is 1. The zero-order chi connectivity index (χ0) is 18.7. The van der Waals surface area contributed by atoms with Gasteiger partial charge in [-0.1, -0.05) is 12.1 Å². The third-order valence-corrected chi connectivity index (χ3v) is 5.99. The van der Waals surface area contributed by atoms with Crippen LogP contribution in [0.3, 0.4) is 0 Å². The lowest BCUT2D eigenvalue weighted by atomic mass is 9.93. The number of carbonyl (C=O) groups is 2. The van der Waals surface area contributed by atoms with E-state index < -0.39 is 11.2 Å². The van der Waals surface area contributed by atoms with Gasteiger partial charge >= 0.3 is 5.97 Å². The molecule has 0 bridgehead atoms. The predicted octanol–water partition coefficient (Wildman–Crippen LogP) is 3.01. The van der Waals surface area contributed by atoms with Crippen LogP contribution in [0.5, 0.6) is 0 Å². The molecule has 2 aromatic rings. The SMILES string of the molecule is CC(Sc1ccccc1C(=O)N1CCC(c2ccnn2C)CC1)C(=O)O. The molecule has 1 aliphatic heterocycles. The van der Waals surface area contributed by atoms with Crippen LogP contribution in [0.4, 0.5) is 0 Å². The fraction of sp³-hybridized carbons (Fsp3) is 0.421. The normalized spacial score (nSPS) is 16.5. The van der Waals surface area contributed by atoms with Crippen LogP contribution < -0.4 is 0 Å². The minimum atomic E-state index is -0.880. The first kappa shape index (κ1) is 18.5. The van der Waals surface area contributed by atoms with Crippen LogP contribution >= 0.6 is 11.8 Å². The Balaban J connectivity index is 1.69. The number of aryl methyl sites for hydroxylation is 1. The number of thioether (sulfide) groups is 1. The van der Waals surface area contributed by atoms with Crippen molar-refractivity contribution in [3.05, 3.63) is 47.8 Å². The minimum Gasteiger partial charge on any atom is -0.480 e. The number of carbonyl (C=O) groups excluding carboxylic acids is 1. The molecule has 7 heteroatoms. The van der Waals surface area contributed by atoms with Crippen molar-refractivity contribution in [2.24, 2.45) is 7.05 Å². The van der Waals surface area contributed by atoms with Crippen molar-refractivity contribution >= 4 is 23.6 Å². The summed E-state index contributed by atoms with van der Waals surface area (Å²) in [4.78, 5) is 26.7. The number of nitrogens with zero attached hydrogens (tertiary/aromatic N) is 3. The Hall–Kier alpha value is -2.28. The molecule has 3 rings (SSSR count). The summed E-state index contributed by atoms with van der Waals surface area (Å²) in [5.41, 5.74) is 1.80. The van der Waals surface area contributed by atoms with E-state index >= 15 is 0 Å². The summed E-state index contributed by atoms with van der Waals surface area (Å²) >= 11 is 1.21. The number of likely N-dealkylation sites (tertiary alicyclic amines) is 1. The fourth-order valence-electron chi connectivity index (χ4n) is 3.32. The van der Waals surface area contributed by atoms with Gasteiger partial charge in [-0.15, -0.1) is 11.8 Å². The number of amides is 1. The molecule has 1 saturated heterocycles. The molecule has 1 fully saturated rings. The second-order valence-electron chi connectivity index (χ2n) is 6.54. The van der Waals surface area contributed by atoms with Crippen LogP contribution in [0.15, 0.2) is 41.4 Å². The molecule has 1 atom stereocenters. The van der Waals surface area contributed by atoms with Crippen molar-refractivity contribution in [1.29, 1.82) is 0 Å². The molecule has 0 saturated carbocycles. The smallest absolute Gasteiger partial charge is 0.316 e. The molecule has 1 aromatic carbocycles. The Morgan fingerprint density at radius 2 is 1.92 bits per heavy atom. The first-order valence-corrected chi connectivity index (χ1v) is 9.61. The van der Waals surface area contributed by atoms with Gasteiger partial charge in [-0.2, -0.15) is 5.10 Å². The molecule has 0 aliphatic carbocycles. The van der Waals surface area contributed by atoms with E-state index in [1.54, 1.807) is 13.0 Å². The summed E-state index contributed by atoms with van der Waals surface area (Å²) in [7, 11) is 1.95. The first-order valence-electron chi connectivity index (χ1n) is 8.73. The Kier molecular flexibility index (Phi) is 5.66. The number of carboxylic acids is 1. The molecule has 1 unspecified atom stereocenters. The molecule has 0 radical (unpaired) electrons. The molecule has 1 aromatic heterocycles. The monoisotopic (exact) mass is 373 g/mol. The maximum absolute atomic E-state index is 13.0. The third kappa shape index (κ3) is 3.93. The van der Waals surface area contributed by atoms with Crippen LogP contribution in [0.2, 0.25) is 0 Å². The van der Waals surface area contributed by atoms with E-state index in [-0.39, 0.29) is 5.91 Å². The quantitative estimate of drug-likeness (QED) is 0.816. The predicted molar refractivity (Wildman–Crippen MR) is 100 cm³/mol. The molecular weight excluding hydrogens is 350 g/mol. The maximum Gasteiger partial charge on any atom is 0.316 e. The zero-order valence-electron chi connectivity index (χ0n) is 15.0. The van der Waals surface area contributed by atoms with Crippen LogP contribution in [-0.2, 0) is 11.8 Å². The molecule has 6 nitrogen and oxygen atoms in total. The van der Waals surface area contributed by atoms with Gasteiger partial charge in [0.05, 0.1) is 5.56 Å². The number of aromatic nitrogens is 2. The second-order valence-corrected chi connectivity index (χ2v) is 7.92. The number of carboxylic acid groups (broad SMARTS) is 1. The summed E-state index contributed by atoms with van der Waals surface area (Å²) in [6.07, 6.45) is 3.63. The van der Waals surface area contributed by atoms with Crippen LogP contribution in [-0.4, -0.2) is 50.0 Å². The van der Waals surface area contributed by atoms with Gasteiger partial charge in [-0.25, -0.2) is 0 Å². The van der Waals surface area contributed by atoms with Gasteiger partial charge in [0.25, 0.3) is 5.91 Å². The highest BCUT2D eigenvalue weighted by molar-refractivity contribution is 8.00. The van der Waals surface area contributed by atoms with Crippen molar-refractivity contribution in [3.63, 3.8) is 0 Å². The molecule has 1 amide bonds. The van der Waals surface area contributed by atoms with Crippen molar-refractivity contribution in [2.45, 2.75) is 35.8 Å². The highest BCUT2D eigenvalue weighted by atomic mass is 32.2. The molecule has 0 spiro atoms. The van der Waals surface area contributed by atoms with E-state index in [1.165, 1.54) is 17.5 Å². The minimum absolute atomic E-state index is 0.0193. The third-order valence-electron chi connectivity index (χ3n) is 4.83. The number of benzene rings is 1. The lowest BCUT2D eigenvalue weighted by Gasteiger charge is -2.32.